The zero-order chi connectivity index (χ0) is 18.5. The number of nitrogens with zero attached hydrogens (tertiary/aromatic N) is 2. The van der Waals surface area contributed by atoms with E-state index in [1.807, 2.05) is 31.2 Å². The van der Waals surface area contributed by atoms with Crippen molar-refractivity contribution in [2.24, 2.45) is 0 Å². The molecule has 6 heteroatoms. The summed E-state index contributed by atoms with van der Waals surface area (Å²) >= 11 is 5.35. The smallest absolute Gasteiger partial charge is 0.176 e. The lowest BCUT2D eigenvalue weighted by Gasteiger charge is -2.09. The van der Waals surface area contributed by atoms with Gasteiger partial charge in [0.25, 0.3) is 0 Å². The maximum Gasteiger partial charge on any atom is 0.176 e. The van der Waals surface area contributed by atoms with Gasteiger partial charge in [-0.1, -0.05) is 37.3 Å². The first-order chi connectivity index (χ1) is 12.5. The molecule has 26 heavy (non-hydrogen) atoms. The second kappa shape index (κ2) is 8.10. The molecule has 1 aromatic heterocycles. The van der Waals surface area contributed by atoms with Crippen molar-refractivity contribution in [1.82, 2.24) is 9.78 Å². The maximum absolute atomic E-state index is 13.8. The fourth-order valence-corrected chi connectivity index (χ4v) is 2.84. The van der Waals surface area contributed by atoms with Gasteiger partial charge in [-0.25, -0.2) is 4.39 Å². The third kappa shape index (κ3) is 4.46. The highest BCUT2D eigenvalue weighted by Gasteiger charge is 2.09. The average molecular weight is 368 g/mol. The lowest BCUT2D eigenvalue weighted by molar-refractivity contribution is 0.581. The van der Waals surface area contributed by atoms with Crippen molar-refractivity contribution in [2.75, 3.05) is 10.6 Å². The quantitative estimate of drug-likeness (QED) is 0.638. The van der Waals surface area contributed by atoms with Crippen molar-refractivity contribution < 1.29 is 4.39 Å². The number of hydrogen-bond donors (Lipinski definition) is 2. The molecule has 0 saturated heterocycles. The zero-order valence-electron chi connectivity index (χ0n) is 14.8. The Morgan fingerprint density at radius 3 is 2.54 bits per heavy atom. The zero-order valence-corrected chi connectivity index (χ0v) is 15.6. The summed E-state index contributed by atoms with van der Waals surface area (Å²) in [6, 6.07) is 16.7. The van der Waals surface area contributed by atoms with E-state index in [1.54, 1.807) is 16.8 Å². The van der Waals surface area contributed by atoms with E-state index < -0.39 is 0 Å². The number of halogens is 1. The molecule has 2 N–H and O–H groups in total. The lowest BCUT2D eigenvalue weighted by Crippen LogP contribution is -2.19. The summed E-state index contributed by atoms with van der Waals surface area (Å²) in [6.07, 6.45) is 1.00. The molecule has 0 atom stereocenters. The third-order valence-electron chi connectivity index (χ3n) is 4.12. The molecular weight excluding hydrogens is 347 g/mol. The summed E-state index contributed by atoms with van der Waals surface area (Å²) in [5, 5.41) is 11.1. The summed E-state index contributed by atoms with van der Waals surface area (Å²) in [7, 11) is 0. The van der Waals surface area contributed by atoms with Gasteiger partial charge >= 0.3 is 0 Å². The van der Waals surface area contributed by atoms with Crippen LogP contribution >= 0.6 is 12.2 Å². The minimum Gasteiger partial charge on any atom is -0.332 e. The van der Waals surface area contributed by atoms with Crippen LogP contribution < -0.4 is 10.6 Å². The Bertz CT molecular complexity index is 902. The number of hydrogen-bond acceptors (Lipinski definition) is 2. The molecule has 0 unspecified atom stereocenters. The van der Waals surface area contributed by atoms with Crippen LogP contribution in [0.2, 0.25) is 0 Å². The van der Waals surface area contributed by atoms with E-state index >= 15 is 0 Å². The van der Waals surface area contributed by atoms with Gasteiger partial charge in [0.2, 0.25) is 0 Å². The van der Waals surface area contributed by atoms with E-state index in [-0.39, 0.29) is 5.82 Å². The normalized spacial score (nSPS) is 10.6. The van der Waals surface area contributed by atoms with Crippen molar-refractivity contribution in [3.63, 3.8) is 0 Å². The number of anilines is 2. The number of benzene rings is 2. The molecule has 1 heterocycles. The Hall–Kier alpha value is -2.73. The van der Waals surface area contributed by atoms with Crippen LogP contribution in [-0.2, 0) is 13.0 Å². The van der Waals surface area contributed by atoms with Crippen LogP contribution in [0.5, 0.6) is 0 Å². The predicted octanol–water partition coefficient (Wildman–Crippen LogP) is 4.75. The van der Waals surface area contributed by atoms with Gasteiger partial charge in [0, 0.05) is 23.0 Å². The molecule has 0 bridgehead atoms. The SMILES string of the molecule is CCc1ccc(NC(=S)Nc2cc(C)n(Cc3ccccc3F)n2)cc1. The van der Waals surface area contributed by atoms with Crippen molar-refractivity contribution in [1.29, 1.82) is 0 Å². The van der Waals surface area contributed by atoms with E-state index in [0.29, 0.717) is 23.0 Å². The van der Waals surface area contributed by atoms with E-state index in [2.05, 4.69) is 34.8 Å². The number of thiocarbonyl (C=S) groups is 1. The molecule has 3 aromatic rings. The molecule has 0 aliphatic heterocycles. The van der Waals surface area contributed by atoms with Gasteiger partial charge in [-0.2, -0.15) is 5.10 Å². The Kier molecular flexibility index (Phi) is 5.63. The monoisotopic (exact) mass is 368 g/mol. The highest BCUT2D eigenvalue weighted by atomic mass is 32.1. The van der Waals surface area contributed by atoms with Crippen LogP contribution in [0.25, 0.3) is 0 Å². The summed E-state index contributed by atoms with van der Waals surface area (Å²) in [5.41, 5.74) is 3.71. The highest BCUT2D eigenvalue weighted by Crippen LogP contribution is 2.15. The minimum atomic E-state index is -0.232. The molecule has 0 fully saturated rings. The van der Waals surface area contributed by atoms with E-state index in [1.165, 1.54) is 11.6 Å². The van der Waals surface area contributed by atoms with Crippen molar-refractivity contribution in [2.45, 2.75) is 26.8 Å². The number of aryl methyl sites for hydroxylation is 2. The summed E-state index contributed by atoms with van der Waals surface area (Å²) in [6.45, 7) is 4.42. The van der Waals surface area contributed by atoms with Crippen molar-refractivity contribution >= 4 is 28.8 Å². The number of aromatic nitrogens is 2. The summed E-state index contributed by atoms with van der Waals surface area (Å²) in [5.74, 6) is 0.395. The molecule has 0 aliphatic rings. The summed E-state index contributed by atoms with van der Waals surface area (Å²) < 4.78 is 15.6. The molecule has 4 nitrogen and oxygen atoms in total. The minimum absolute atomic E-state index is 0.232. The van der Waals surface area contributed by atoms with Gasteiger partial charge in [-0.15, -0.1) is 0 Å². The standard InChI is InChI=1S/C20H21FN4S/c1-3-15-8-10-17(11-9-15)22-20(26)23-19-12-14(2)25(24-19)13-16-6-4-5-7-18(16)21/h4-12H,3,13H2,1-2H3,(H2,22,23,24,26). The second-order valence-corrected chi connectivity index (χ2v) is 6.46. The Labute approximate surface area is 158 Å². The molecule has 3 rings (SSSR count). The van der Waals surface area contributed by atoms with Gasteiger partial charge in [-0.3, -0.25) is 4.68 Å². The first-order valence-electron chi connectivity index (χ1n) is 8.50. The van der Waals surface area contributed by atoms with Crippen LogP contribution in [0.3, 0.4) is 0 Å². The predicted molar refractivity (Wildman–Crippen MR) is 108 cm³/mol. The van der Waals surface area contributed by atoms with Gasteiger partial charge in [-0.05, 0) is 49.3 Å². The largest absolute Gasteiger partial charge is 0.332 e. The average Bonchev–Trinajstić information content (AvgIpc) is 2.96. The summed E-state index contributed by atoms with van der Waals surface area (Å²) in [4.78, 5) is 0. The molecule has 0 saturated carbocycles. The van der Waals surface area contributed by atoms with E-state index in [4.69, 9.17) is 12.2 Å². The molecule has 134 valence electrons. The highest BCUT2D eigenvalue weighted by molar-refractivity contribution is 7.80. The second-order valence-electron chi connectivity index (χ2n) is 6.05. The number of rotatable bonds is 5. The third-order valence-corrected chi connectivity index (χ3v) is 4.32. The van der Waals surface area contributed by atoms with Crippen LogP contribution in [-0.4, -0.2) is 14.9 Å². The lowest BCUT2D eigenvalue weighted by atomic mass is 10.1. The Morgan fingerprint density at radius 1 is 1.12 bits per heavy atom. The van der Waals surface area contributed by atoms with E-state index in [9.17, 15) is 4.39 Å². The van der Waals surface area contributed by atoms with Crippen LogP contribution in [0.15, 0.2) is 54.6 Å². The van der Waals surface area contributed by atoms with Crippen LogP contribution in [0.4, 0.5) is 15.9 Å². The molecule has 0 radical (unpaired) electrons. The fourth-order valence-electron chi connectivity index (χ4n) is 2.62. The molecule has 0 aliphatic carbocycles. The van der Waals surface area contributed by atoms with Crippen LogP contribution in [0, 0.1) is 12.7 Å². The first kappa shape index (κ1) is 18.1. The van der Waals surface area contributed by atoms with E-state index in [0.717, 1.165) is 17.8 Å². The molecule has 0 spiro atoms. The molecule has 0 amide bonds. The van der Waals surface area contributed by atoms with Gasteiger partial charge in [0.05, 0.1) is 6.54 Å². The maximum atomic E-state index is 13.8. The number of nitrogens with one attached hydrogen (secondary N) is 2. The first-order valence-corrected chi connectivity index (χ1v) is 8.91. The van der Waals surface area contributed by atoms with Gasteiger partial charge in [0.1, 0.15) is 5.82 Å². The van der Waals surface area contributed by atoms with Gasteiger partial charge in [0.15, 0.2) is 10.9 Å². The van der Waals surface area contributed by atoms with Crippen molar-refractivity contribution in [3.8, 4) is 0 Å². The fraction of sp³-hybridized carbons (Fsp3) is 0.200. The Balaban J connectivity index is 1.64. The molecular formula is C20H21FN4S. The Morgan fingerprint density at radius 2 is 1.85 bits per heavy atom. The van der Waals surface area contributed by atoms with Gasteiger partial charge < -0.3 is 10.6 Å². The van der Waals surface area contributed by atoms with Crippen LogP contribution in [0.1, 0.15) is 23.7 Å². The topological polar surface area (TPSA) is 41.9 Å². The molecule has 2 aromatic carbocycles. The van der Waals surface area contributed by atoms with Crippen molar-refractivity contribution in [3.05, 3.63) is 77.2 Å².